The van der Waals surface area contributed by atoms with E-state index < -0.39 is 24.3 Å². The summed E-state index contributed by atoms with van der Waals surface area (Å²) in [6.45, 7) is -0.102. The summed E-state index contributed by atoms with van der Waals surface area (Å²) in [6, 6.07) is 14.1. The van der Waals surface area contributed by atoms with E-state index in [1.54, 1.807) is 18.2 Å². The minimum absolute atomic E-state index is 0.103. The Kier molecular flexibility index (Phi) is 6.48. The van der Waals surface area contributed by atoms with Crippen LogP contribution >= 0.6 is 0 Å². The Morgan fingerprint density at radius 1 is 1.14 bits per heavy atom. The first kappa shape index (κ1) is 20.4. The number of aliphatic hydroxyl groups excluding tert-OH is 2. The van der Waals surface area contributed by atoms with Gasteiger partial charge in [-0.25, -0.2) is 9.59 Å². The van der Waals surface area contributed by atoms with Crippen LogP contribution in [0.25, 0.3) is 10.9 Å². The molecule has 2 atom stereocenters. The molecule has 1 heterocycles. The van der Waals surface area contributed by atoms with E-state index in [4.69, 9.17) is 9.47 Å². The van der Waals surface area contributed by atoms with Crippen LogP contribution in [0.5, 0.6) is 0 Å². The van der Waals surface area contributed by atoms with Crippen LogP contribution < -0.4 is 5.32 Å². The molecular weight excluding hydrogens is 376 g/mol. The van der Waals surface area contributed by atoms with Crippen molar-refractivity contribution in [2.45, 2.75) is 18.8 Å². The average molecular weight is 398 g/mol. The number of fused-ring (bicyclic) bond motifs is 1. The summed E-state index contributed by atoms with van der Waals surface area (Å²) in [5.74, 6) is -0.508. The van der Waals surface area contributed by atoms with E-state index in [9.17, 15) is 19.8 Å². The van der Waals surface area contributed by atoms with Crippen molar-refractivity contribution in [1.82, 2.24) is 10.3 Å². The van der Waals surface area contributed by atoms with Gasteiger partial charge in [0.2, 0.25) is 0 Å². The van der Waals surface area contributed by atoms with Gasteiger partial charge in [0.25, 0.3) is 0 Å². The van der Waals surface area contributed by atoms with Crippen LogP contribution in [0.3, 0.4) is 0 Å². The van der Waals surface area contributed by atoms with Crippen molar-refractivity contribution in [1.29, 1.82) is 0 Å². The van der Waals surface area contributed by atoms with Gasteiger partial charge in [0, 0.05) is 23.6 Å². The lowest BCUT2D eigenvalue weighted by molar-refractivity contribution is 0.0185. The second-order valence-electron chi connectivity index (χ2n) is 6.45. The Morgan fingerprint density at radius 2 is 1.90 bits per heavy atom. The molecule has 0 radical (unpaired) electrons. The maximum absolute atomic E-state index is 11.8. The third kappa shape index (κ3) is 4.92. The molecule has 0 aliphatic rings. The predicted octanol–water partition coefficient (Wildman–Crippen LogP) is 2.28. The zero-order valence-electron chi connectivity index (χ0n) is 15.8. The van der Waals surface area contributed by atoms with E-state index >= 15 is 0 Å². The third-order valence-electron chi connectivity index (χ3n) is 4.49. The number of aliphatic hydroxyl groups is 2. The second kappa shape index (κ2) is 9.22. The smallest absolute Gasteiger partial charge is 0.407 e. The minimum atomic E-state index is -1.27. The highest BCUT2D eigenvalue weighted by Crippen LogP contribution is 2.25. The first-order valence-electron chi connectivity index (χ1n) is 8.99. The van der Waals surface area contributed by atoms with Crippen molar-refractivity contribution >= 4 is 23.0 Å². The van der Waals surface area contributed by atoms with Gasteiger partial charge in [-0.1, -0.05) is 36.4 Å². The molecule has 3 aromatic rings. The van der Waals surface area contributed by atoms with Gasteiger partial charge in [0.15, 0.2) is 0 Å². The Hall–Kier alpha value is -3.36. The van der Waals surface area contributed by atoms with Crippen LogP contribution in [0.1, 0.15) is 27.6 Å². The lowest BCUT2D eigenvalue weighted by Gasteiger charge is -2.19. The molecule has 0 saturated heterocycles. The van der Waals surface area contributed by atoms with Crippen LogP contribution in [-0.2, 0) is 16.1 Å². The number of H-pyrrole nitrogens is 1. The minimum Gasteiger partial charge on any atom is -0.465 e. The molecule has 3 rings (SSSR count). The highest BCUT2D eigenvalue weighted by molar-refractivity contribution is 6.04. The summed E-state index contributed by atoms with van der Waals surface area (Å²) in [4.78, 5) is 26.6. The predicted molar refractivity (Wildman–Crippen MR) is 105 cm³/mol. The SMILES string of the molecule is COC(=O)c1c[nH]c2ccc(C(O)C(O)CNC(=O)OCc3ccccc3)cc12. The first-order valence-corrected chi connectivity index (χ1v) is 8.99. The van der Waals surface area contributed by atoms with Gasteiger partial charge in [-0.15, -0.1) is 0 Å². The fraction of sp³-hybridized carbons (Fsp3) is 0.238. The molecule has 4 N–H and O–H groups in total. The molecule has 1 aromatic heterocycles. The fourth-order valence-electron chi connectivity index (χ4n) is 2.90. The highest BCUT2D eigenvalue weighted by Gasteiger charge is 2.21. The summed E-state index contributed by atoms with van der Waals surface area (Å²) in [6.07, 6.45) is -1.71. The van der Waals surface area contributed by atoms with Crippen molar-refractivity contribution in [2.75, 3.05) is 13.7 Å². The number of hydrogen-bond donors (Lipinski definition) is 4. The number of aromatic amines is 1. The number of esters is 1. The molecule has 0 spiro atoms. The number of carbonyl (C=O) groups is 2. The summed E-state index contributed by atoms with van der Waals surface area (Å²) < 4.78 is 9.81. The first-order chi connectivity index (χ1) is 14.0. The quantitative estimate of drug-likeness (QED) is 0.453. The lowest BCUT2D eigenvalue weighted by atomic mass is 10.0. The number of aromatic nitrogens is 1. The fourth-order valence-corrected chi connectivity index (χ4v) is 2.90. The third-order valence-corrected chi connectivity index (χ3v) is 4.49. The molecule has 29 heavy (non-hydrogen) atoms. The molecule has 0 saturated carbocycles. The summed E-state index contributed by atoms with van der Waals surface area (Å²) in [7, 11) is 1.28. The number of ether oxygens (including phenoxy) is 2. The van der Waals surface area contributed by atoms with Crippen molar-refractivity contribution in [3.05, 3.63) is 71.4 Å². The van der Waals surface area contributed by atoms with Gasteiger partial charge < -0.3 is 30.0 Å². The molecule has 0 aliphatic carbocycles. The van der Waals surface area contributed by atoms with Gasteiger partial charge in [0.05, 0.1) is 12.7 Å². The van der Waals surface area contributed by atoms with Crippen LogP contribution in [0, 0.1) is 0 Å². The van der Waals surface area contributed by atoms with Gasteiger partial charge in [0.1, 0.15) is 18.8 Å². The molecule has 8 nitrogen and oxygen atoms in total. The Balaban J connectivity index is 1.58. The van der Waals surface area contributed by atoms with Crippen molar-refractivity contribution in [2.24, 2.45) is 0 Å². The van der Waals surface area contributed by atoms with E-state index in [0.717, 1.165) is 5.56 Å². The second-order valence-corrected chi connectivity index (χ2v) is 6.45. The van der Waals surface area contributed by atoms with Crippen LogP contribution in [-0.4, -0.2) is 47.0 Å². The normalized spacial score (nSPS) is 12.9. The number of amides is 1. The van der Waals surface area contributed by atoms with Gasteiger partial charge in [-0.2, -0.15) is 0 Å². The van der Waals surface area contributed by atoms with Crippen molar-refractivity contribution in [3.63, 3.8) is 0 Å². The number of hydrogen-bond acceptors (Lipinski definition) is 6. The largest absolute Gasteiger partial charge is 0.465 e. The van der Waals surface area contributed by atoms with E-state index in [2.05, 4.69) is 10.3 Å². The molecule has 0 aliphatic heterocycles. The number of nitrogens with one attached hydrogen (secondary N) is 2. The summed E-state index contributed by atoms with van der Waals surface area (Å²) in [5, 5.41) is 23.6. The molecule has 0 fully saturated rings. The molecule has 0 bridgehead atoms. The van der Waals surface area contributed by atoms with Crippen LogP contribution in [0.15, 0.2) is 54.7 Å². The number of carbonyl (C=O) groups excluding carboxylic acids is 2. The van der Waals surface area contributed by atoms with E-state index in [1.807, 2.05) is 30.3 Å². The maximum atomic E-state index is 11.8. The van der Waals surface area contributed by atoms with Gasteiger partial charge in [-0.05, 0) is 23.3 Å². The maximum Gasteiger partial charge on any atom is 0.407 e. The molecule has 1 amide bonds. The molecular formula is C21H22N2O6. The molecule has 2 unspecified atom stereocenters. The number of rotatable bonds is 7. The summed E-state index contributed by atoms with van der Waals surface area (Å²) >= 11 is 0. The highest BCUT2D eigenvalue weighted by atomic mass is 16.5. The molecule has 152 valence electrons. The monoisotopic (exact) mass is 398 g/mol. The number of methoxy groups -OCH3 is 1. The van der Waals surface area contributed by atoms with E-state index in [1.165, 1.54) is 13.3 Å². The average Bonchev–Trinajstić information content (AvgIpc) is 3.18. The number of alkyl carbamates (subject to hydrolysis) is 1. The molecule has 8 heteroatoms. The van der Waals surface area contributed by atoms with Gasteiger partial charge in [-0.3, -0.25) is 0 Å². The zero-order chi connectivity index (χ0) is 20.8. The van der Waals surface area contributed by atoms with Crippen LogP contribution in [0.4, 0.5) is 4.79 Å². The van der Waals surface area contributed by atoms with Crippen molar-refractivity contribution < 1.29 is 29.3 Å². The zero-order valence-corrected chi connectivity index (χ0v) is 15.8. The van der Waals surface area contributed by atoms with Crippen LogP contribution in [0.2, 0.25) is 0 Å². The number of benzene rings is 2. The Morgan fingerprint density at radius 3 is 2.62 bits per heavy atom. The Labute approximate surface area is 167 Å². The topological polar surface area (TPSA) is 121 Å². The van der Waals surface area contributed by atoms with Crippen molar-refractivity contribution in [3.8, 4) is 0 Å². The van der Waals surface area contributed by atoms with E-state index in [-0.39, 0.29) is 13.2 Å². The lowest BCUT2D eigenvalue weighted by Crippen LogP contribution is -2.35. The summed E-state index contributed by atoms with van der Waals surface area (Å²) in [5.41, 5.74) is 2.26. The standard InChI is InChI=1S/C21H22N2O6/c1-28-20(26)16-10-22-17-8-7-14(9-15(16)17)19(25)18(24)11-23-21(27)29-12-13-5-3-2-4-6-13/h2-10,18-19,22,24-25H,11-12H2,1H3,(H,23,27). The van der Waals surface area contributed by atoms with Gasteiger partial charge >= 0.3 is 12.1 Å². The molecule has 2 aromatic carbocycles. The Bertz CT molecular complexity index is 985. The van der Waals surface area contributed by atoms with E-state index in [0.29, 0.717) is 22.0 Å².